The van der Waals surface area contributed by atoms with Gasteiger partial charge < -0.3 is 15.5 Å². The number of rotatable bonds is 5. The van der Waals surface area contributed by atoms with Crippen LogP contribution in [0.4, 0.5) is 5.69 Å². The first-order valence-corrected chi connectivity index (χ1v) is 8.56. The Bertz CT molecular complexity index is 591. The Hall–Kier alpha value is -1.30. The minimum atomic E-state index is -0.132. The zero-order chi connectivity index (χ0) is 16.2. The van der Waals surface area contributed by atoms with E-state index in [4.69, 9.17) is 11.6 Å². The molecule has 2 saturated heterocycles. The molecule has 0 aromatic heterocycles. The van der Waals surface area contributed by atoms with Gasteiger partial charge in [0.25, 0.3) is 0 Å². The fourth-order valence-electron chi connectivity index (χ4n) is 3.30. The van der Waals surface area contributed by atoms with Crippen LogP contribution in [0.5, 0.6) is 0 Å². The molecule has 5 nitrogen and oxygen atoms in total. The van der Waals surface area contributed by atoms with E-state index in [0.717, 1.165) is 25.9 Å². The standard InChI is InChI=1S/C17H22ClN3O2.ClH/c18-14-3-1-2-4-15(14)21-11-13(9-17(21)23)20-16(22)6-5-12-7-8-19-10-12;/h1-4,12-13,19H,5-11H2,(H,20,22);1H. The predicted octanol–water partition coefficient (Wildman–Crippen LogP) is 2.37. The van der Waals surface area contributed by atoms with Crippen LogP contribution in [-0.4, -0.2) is 37.5 Å². The van der Waals surface area contributed by atoms with E-state index in [2.05, 4.69) is 10.6 Å². The van der Waals surface area contributed by atoms with Crippen LogP contribution in [-0.2, 0) is 9.59 Å². The molecule has 1 aromatic rings. The van der Waals surface area contributed by atoms with Crippen molar-refractivity contribution in [3.63, 3.8) is 0 Å². The van der Waals surface area contributed by atoms with E-state index >= 15 is 0 Å². The fourth-order valence-corrected chi connectivity index (χ4v) is 3.54. The summed E-state index contributed by atoms with van der Waals surface area (Å²) in [5.74, 6) is 0.643. The summed E-state index contributed by atoms with van der Waals surface area (Å²) < 4.78 is 0. The maximum absolute atomic E-state index is 12.2. The zero-order valence-corrected chi connectivity index (χ0v) is 15.0. The highest BCUT2D eigenvalue weighted by atomic mass is 35.5. The van der Waals surface area contributed by atoms with Crippen LogP contribution in [0, 0.1) is 5.92 Å². The molecule has 2 amide bonds. The Morgan fingerprint density at radius 3 is 2.88 bits per heavy atom. The lowest BCUT2D eigenvalue weighted by Crippen LogP contribution is -2.37. The van der Waals surface area contributed by atoms with E-state index in [1.807, 2.05) is 18.2 Å². The molecule has 24 heavy (non-hydrogen) atoms. The molecule has 0 radical (unpaired) electrons. The number of benzene rings is 1. The lowest BCUT2D eigenvalue weighted by molar-refractivity contribution is -0.122. The molecule has 2 N–H and O–H groups in total. The predicted molar refractivity (Wildman–Crippen MR) is 97.8 cm³/mol. The van der Waals surface area contributed by atoms with Crippen molar-refractivity contribution in [1.82, 2.24) is 10.6 Å². The van der Waals surface area contributed by atoms with Crippen LogP contribution in [0.3, 0.4) is 0 Å². The normalized spacial score (nSPS) is 23.2. The number of anilines is 1. The first-order chi connectivity index (χ1) is 11.1. The molecule has 0 bridgehead atoms. The topological polar surface area (TPSA) is 61.4 Å². The Labute approximate surface area is 153 Å². The summed E-state index contributed by atoms with van der Waals surface area (Å²) in [5, 5.41) is 6.85. The van der Waals surface area contributed by atoms with Gasteiger partial charge in [0, 0.05) is 19.4 Å². The second-order valence-electron chi connectivity index (χ2n) is 6.32. The molecule has 132 valence electrons. The average Bonchev–Trinajstić information content (AvgIpc) is 3.16. The molecule has 2 fully saturated rings. The maximum Gasteiger partial charge on any atom is 0.229 e. The van der Waals surface area contributed by atoms with Gasteiger partial charge in [0.2, 0.25) is 11.8 Å². The third-order valence-corrected chi connectivity index (χ3v) is 4.90. The number of carbonyl (C=O) groups is 2. The second kappa shape index (κ2) is 8.70. The molecule has 2 heterocycles. The molecular formula is C17H23Cl2N3O2. The van der Waals surface area contributed by atoms with E-state index in [1.54, 1.807) is 11.0 Å². The summed E-state index contributed by atoms with van der Waals surface area (Å²) in [4.78, 5) is 25.9. The van der Waals surface area contributed by atoms with Gasteiger partial charge in [-0.15, -0.1) is 12.4 Å². The number of nitrogens with one attached hydrogen (secondary N) is 2. The van der Waals surface area contributed by atoms with Crippen molar-refractivity contribution in [2.24, 2.45) is 5.92 Å². The highest BCUT2D eigenvalue weighted by Gasteiger charge is 2.32. The molecular weight excluding hydrogens is 349 g/mol. The number of halogens is 2. The van der Waals surface area contributed by atoms with Gasteiger partial charge in [-0.25, -0.2) is 0 Å². The quantitative estimate of drug-likeness (QED) is 0.834. The van der Waals surface area contributed by atoms with Crippen LogP contribution in [0.15, 0.2) is 24.3 Å². The van der Waals surface area contributed by atoms with Crippen LogP contribution in [0.25, 0.3) is 0 Å². The van der Waals surface area contributed by atoms with Gasteiger partial charge in [0.05, 0.1) is 16.8 Å². The van der Waals surface area contributed by atoms with Gasteiger partial charge in [-0.1, -0.05) is 23.7 Å². The Morgan fingerprint density at radius 2 is 2.17 bits per heavy atom. The van der Waals surface area contributed by atoms with E-state index in [-0.39, 0.29) is 30.3 Å². The highest BCUT2D eigenvalue weighted by Crippen LogP contribution is 2.29. The van der Waals surface area contributed by atoms with Crippen molar-refractivity contribution in [2.75, 3.05) is 24.5 Å². The van der Waals surface area contributed by atoms with Crippen molar-refractivity contribution < 1.29 is 9.59 Å². The molecule has 7 heteroatoms. The SMILES string of the molecule is Cl.O=C(CCC1CCNC1)NC1CC(=O)N(c2ccccc2Cl)C1. The number of carbonyl (C=O) groups excluding carboxylic acids is 2. The van der Waals surface area contributed by atoms with Crippen molar-refractivity contribution in [2.45, 2.75) is 31.7 Å². The molecule has 1 aromatic carbocycles. The first kappa shape index (κ1) is 19.0. The molecule has 2 unspecified atom stereocenters. The van der Waals surface area contributed by atoms with E-state index in [0.29, 0.717) is 36.0 Å². The summed E-state index contributed by atoms with van der Waals surface area (Å²) in [6, 6.07) is 7.16. The monoisotopic (exact) mass is 371 g/mol. The van der Waals surface area contributed by atoms with E-state index in [9.17, 15) is 9.59 Å². The molecule has 3 rings (SSSR count). The van der Waals surface area contributed by atoms with Gasteiger partial charge in [-0.3, -0.25) is 9.59 Å². The van der Waals surface area contributed by atoms with Crippen molar-refractivity contribution >= 4 is 41.5 Å². The number of para-hydroxylation sites is 1. The minimum Gasteiger partial charge on any atom is -0.351 e. The summed E-state index contributed by atoms with van der Waals surface area (Å²) in [6.45, 7) is 2.55. The number of amides is 2. The van der Waals surface area contributed by atoms with Crippen molar-refractivity contribution in [3.05, 3.63) is 29.3 Å². The average molecular weight is 372 g/mol. The van der Waals surface area contributed by atoms with Crippen LogP contribution in [0.2, 0.25) is 5.02 Å². The fraction of sp³-hybridized carbons (Fsp3) is 0.529. The smallest absolute Gasteiger partial charge is 0.229 e. The largest absolute Gasteiger partial charge is 0.351 e. The van der Waals surface area contributed by atoms with Gasteiger partial charge in [-0.2, -0.15) is 0 Å². The van der Waals surface area contributed by atoms with E-state index in [1.165, 1.54) is 0 Å². The lowest BCUT2D eigenvalue weighted by atomic mass is 10.0. The first-order valence-electron chi connectivity index (χ1n) is 8.18. The Morgan fingerprint density at radius 1 is 1.38 bits per heavy atom. The third kappa shape index (κ3) is 4.62. The second-order valence-corrected chi connectivity index (χ2v) is 6.73. The Balaban J connectivity index is 0.00000208. The van der Waals surface area contributed by atoms with Crippen molar-refractivity contribution in [3.8, 4) is 0 Å². The van der Waals surface area contributed by atoms with Gasteiger partial charge in [0.1, 0.15) is 0 Å². The summed E-state index contributed by atoms with van der Waals surface area (Å²) in [5.41, 5.74) is 0.716. The van der Waals surface area contributed by atoms with Crippen LogP contribution < -0.4 is 15.5 Å². The molecule has 2 atom stereocenters. The molecule has 2 aliphatic heterocycles. The summed E-state index contributed by atoms with van der Waals surface area (Å²) in [6.07, 6.45) is 2.92. The van der Waals surface area contributed by atoms with Gasteiger partial charge in [-0.05, 0) is 44.0 Å². The van der Waals surface area contributed by atoms with Crippen LogP contribution >= 0.6 is 24.0 Å². The molecule has 2 aliphatic rings. The van der Waals surface area contributed by atoms with Gasteiger partial charge in [0.15, 0.2) is 0 Å². The highest BCUT2D eigenvalue weighted by molar-refractivity contribution is 6.33. The van der Waals surface area contributed by atoms with Gasteiger partial charge >= 0.3 is 0 Å². The maximum atomic E-state index is 12.2. The molecule has 0 aliphatic carbocycles. The minimum absolute atomic E-state index is 0. The molecule has 0 spiro atoms. The lowest BCUT2D eigenvalue weighted by Gasteiger charge is -2.18. The molecule has 0 saturated carbocycles. The number of hydrogen-bond donors (Lipinski definition) is 2. The summed E-state index contributed by atoms with van der Waals surface area (Å²) in [7, 11) is 0. The third-order valence-electron chi connectivity index (χ3n) is 4.58. The number of nitrogens with zero attached hydrogens (tertiary/aromatic N) is 1. The number of hydrogen-bond acceptors (Lipinski definition) is 3. The summed E-state index contributed by atoms with van der Waals surface area (Å²) >= 11 is 6.16. The van der Waals surface area contributed by atoms with Crippen LogP contribution in [0.1, 0.15) is 25.7 Å². The Kier molecular flexibility index (Phi) is 6.90. The van der Waals surface area contributed by atoms with E-state index < -0.39 is 0 Å². The van der Waals surface area contributed by atoms with Crippen molar-refractivity contribution in [1.29, 1.82) is 0 Å². The zero-order valence-electron chi connectivity index (χ0n) is 13.5.